The molecule has 0 atom stereocenters. The fraction of sp³-hybridized carbons (Fsp3) is 0.706. The molecular formula is C17H31ClF12N4Ti-6. The smallest absolute Gasteiger partial charge is 0.154 e. The molecule has 35 heavy (non-hydrogen) atoms. The number of nitrogens with zero attached hydrogens (tertiary/aromatic N) is 1. The van der Waals surface area contributed by atoms with Gasteiger partial charge in [-0.15, -0.1) is 25.5 Å². The number of halogens is 13. The van der Waals surface area contributed by atoms with Gasteiger partial charge in [0.2, 0.25) is 0 Å². The molecule has 220 valence electrons. The van der Waals surface area contributed by atoms with Crippen LogP contribution >= 0.6 is 12.4 Å². The first-order chi connectivity index (χ1) is 14.9. The molecule has 1 saturated heterocycles. The van der Waals surface area contributed by atoms with Gasteiger partial charge in [0.1, 0.15) is 0 Å². The Morgan fingerprint density at radius 1 is 0.429 bits per heavy atom. The van der Waals surface area contributed by atoms with E-state index in [0.717, 1.165) is 52.4 Å². The third-order valence-electron chi connectivity index (χ3n) is 2.75. The SMILES string of the molecule is C1C[N-]CCCNCCCNCCCNC1.Cl.F[C-](F)F.F[C-](F)F.F[C-](F)F.F[C-](F)F.[CH3-].[Ti]. The molecule has 0 aromatic heterocycles. The number of hydrogen-bond donors (Lipinski definition) is 3. The molecule has 18 heteroatoms. The van der Waals surface area contributed by atoms with Gasteiger partial charge in [-0.2, -0.15) is 0 Å². The molecule has 0 bridgehead atoms. The summed E-state index contributed by atoms with van der Waals surface area (Å²) in [6.07, 6.45) is 4.82. The van der Waals surface area contributed by atoms with E-state index in [0.29, 0.717) is 0 Å². The monoisotopic (exact) mass is 602 g/mol. The maximum atomic E-state index is 9.58. The maximum Gasteiger partial charge on any atom is 0.154 e. The fourth-order valence-electron chi connectivity index (χ4n) is 1.80. The summed E-state index contributed by atoms with van der Waals surface area (Å²) in [7, 11) is 0. The standard InChI is InChI=1S/C12H27N4.4CF3.CH3.ClH.Ti/c1-5-13-7-2-9-15-11-4-12-16-10-3-8-14-6-1;4*2-1(3)4;;;/h13-15H,1-12H2;;;;;1H3;1H;/q6*-1;;. The van der Waals surface area contributed by atoms with Crippen LogP contribution in [0.15, 0.2) is 0 Å². The van der Waals surface area contributed by atoms with E-state index in [2.05, 4.69) is 21.3 Å². The molecule has 1 fully saturated rings. The van der Waals surface area contributed by atoms with Crippen molar-refractivity contribution in [1.82, 2.24) is 16.0 Å². The molecule has 0 saturated carbocycles. The third kappa shape index (κ3) is 136. The summed E-state index contributed by atoms with van der Waals surface area (Å²) in [6.45, 7) is -3.54. The molecule has 0 unspecified atom stereocenters. The molecule has 1 rings (SSSR count). The van der Waals surface area contributed by atoms with E-state index < -0.39 is 26.7 Å². The van der Waals surface area contributed by atoms with Crippen molar-refractivity contribution in [3.63, 3.8) is 0 Å². The summed E-state index contributed by atoms with van der Waals surface area (Å²) < 4.78 is 115. The molecule has 3 N–H and O–H groups in total. The van der Waals surface area contributed by atoms with Crippen molar-refractivity contribution in [3.8, 4) is 0 Å². The van der Waals surface area contributed by atoms with Crippen molar-refractivity contribution in [2.45, 2.75) is 25.7 Å². The van der Waals surface area contributed by atoms with E-state index in [1.54, 1.807) is 0 Å². The minimum atomic E-state index is -3.08. The van der Waals surface area contributed by atoms with Gasteiger partial charge < -0.3 is 81.4 Å². The molecule has 1 heterocycles. The zero-order chi connectivity index (χ0) is 25.6. The Bertz CT molecular complexity index is 221. The summed E-state index contributed by atoms with van der Waals surface area (Å²) in [4.78, 5) is 0. The molecule has 0 amide bonds. The van der Waals surface area contributed by atoms with Crippen molar-refractivity contribution < 1.29 is 74.4 Å². The number of rotatable bonds is 0. The van der Waals surface area contributed by atoms with Crippen LogP contribution in [0.25, 0.3) is 5.32 Å². The zero-order valence-corrected chi connectivity index (χ0v) is 21.3. The predicted molar refractivity (Wildman–Crippen MR) is 110 cm³/mol. The van der Waals surface area contributed by atoms with Crippen LogP contribution < -0.4 is 16.0 Å². The first-order valence-corrected chi connectivity index (χ1v) is 9.02. The first kappa shape index (κ1) is 51.6. The van der Waals surface area contributed by atoms with Gasteiger partial charge in [-0.3, -0.25) is 0 Å². The normalized spacial score (nSPS) is 15.1. The van der Waals surface area contributed by atoms with Gasteiger partial charge in [0, 0.05) is 21.7 Å². The second-order valence-corrected chi connectivity index (χ2v) is 5.19. The molecule has 4 nitrogen and oxygen atoms in total. The van der Waals surface area contributed by atoms with Gasteiger partial charge in [-0.25, -0.2) is 0 Å². The Balaban J connectivity index is -0.0000000688. The van der Waals surface area contributed by atoms with Gasteiger partial charge in [0.15, 0.2) is 26.7 Å². The number of nitrogens with one attached hydrogen (secondary N) is 3. The minimum Gasteiger partial charge on any atom is -0.662 e. The molecule has 0 aliphatic carbocycles. The van der Waals surface area contributed by atoms with Crippen LogP contribution in [0, 0.1) is 34.1 Å². The van der Waals surface area contributed by atoms with Gasteiger partial charge >= 0.3 is 0 Å². The summed E-state index contributed by atoms with van der Waals surface area (Å²) in [5, 5.41) is 14.9. The van der Waals surface area contributed by atoms with Gasteiger partial charge in [-0.1, -0.05) is 12.8 Å². The molecule has 1 aliphatic rings. The van der Waals surface area contributed by atoms with Gasteiger partial charge in [0.05, 0.1) is 0 Å². The largest absolute Gasteiger partial charge is 0.662 e. The molecule has 0 spiro atoms. The van der Waals surface area contributed by atoms with Crippen LogP contribution in [-0.4, -0.2) is 52.4 Å². The van der Waals surface area contributed by atoms with Crippen LogP contribution in [0.4, 0.5) is 52.7 Å². The molecular weight excluding hydrogens is 572 g/mol. The van der Waals surface area contributed by atoms with E-state index in [1.165, 1.54) is 25.7 Å². The Morgan fingerprint density at radius 3 is 0.800 bits per heavy atom. The third-order valence-corrected chi connectivity index (χ3v) is 2.75. The molecule has 0 aromatic rings. The molecule has 0 aromatic carbocycles. The Morgan fingerprint density at radius 2 is 0.600 bits per heavy atom. The van der Waals surface area contributed by atoms with Crippen molar-refractivity contribution in [1.29, 1.82) is 0 Å². The van der Waals surface area contributed by atoms with E-state index in [9.17, 15) is 52.7 Å². The van der Waals surface area contributed by atoms with Gasteiger partial charge in [-0.05, 0) is 52.1 Å². The number of hydrogen-bond acceptors (Lipinski definition) is 3. The second kappa shape index (κ2) is 47.2. The van der Waals surface area contributed by atoms with E-state index in [4.69, 9.17) is 0 Å². The van der Waals surface area contributed by atoms with Crippen molar-refractivity contribution in [2.24, 2.45) is 0 Å². The Labute approximate surface area is 220 Å². The quantitative estimate of drug-likeness (QED) is 0.160. The minimum absolute atomic E-state index is 0. The van der Waals surface area contributed by atoms with Crippen LogP contribution in [0.3, 0.4) is 0 Å². The Hall–Kier alpha value is 0.00429. The average Bonchev–Trinajstić information content (AvgIpc) is 2.60. The first-order valence-electron chi connectivity index (χ1n) is 9.02. The van der Waals surface area contributed by atoms with Crippen molar-refractivity contribution >= 4 is 12.4 Å². The molecule has 1 aliphatic heterocycles. The van der Waals surface area contributed by atoms with E-state index in [-0.39, 0.29) is 41.6 Å². The summed E-state index contributed by atoms with van der Waals surface area (Å²) >= 11 is 0. The van der Waals surface area contributed by atoms with E-state index in [1.807, 2.05) is 0 Å². The summed E-state index contributed by atoms with van der Waals surface area (Å²) in [5.41, 5.74) is 0. The van der Waals surface area contributed by atoms with Crippen LogP contribution in [0.5, 0.6) is 0 Å². The van der Waals surface area contributed by atoms with Crippen LogP contribution in [0.2, 0.25) is 0 Å². The second-order valence-electron chi connectivity index (χ2n) is 5.19. The van der Waals surface area contributed by atoms with Crippen molar-refractivity contribution in [3.05, 3.63) is 39.5 Å². The van der Waals surface area contributed by atoms with Gasteiger partial charge in [0.25, 0.3) is 0 Å². The predicted octanol–water partition coefficient (Wildman–Crippen LogP) is 6.94. The van der Waals surface area contributed by atoms with Crippen LogP contribution in [-0.2, 0) is 21.7 Å². The average molecular weight is 603 g/mol. The fourth-order valence-corrected chi connectivity index (χ4v) is 1.80. The van der Waals surface area contributed by atoms with Crippen molar-refractivity contribution in [2.75, 3.05) is 52.4 Å². The zero-order valence-electron chi connectivity index (χ0n) is 18.9. The maximum absolute atomic E-state index is 9.58. The molecule has 0 radical (unpaired) electrons. The Kier molecular flexibility index (Phi) is 69.6. The summed E-state index contributed by atoms with van der Waals surface area (Å²) in [5.74, 6) is 0. The van der Waals surface area contributed by atoms with Crippen LogP contribution in [0.1, 0.15) is 25.7 Å². The topological polar surface area (TPSA) is 50.2 Å². The summed E-state index contributed by atoms with van der Waals surface area (Å²) in [6, 6.07) is 0. The van der Waals surface area contributed by atoms with E-state index >= 15 is 0 Å².